The molecule has 6 nitrogen and oxygen atoms in total. The average Bonchev–Trinajstić information content (AvgIpc) is 3.30. The molecule has 1 aromatic carbocycles. The molecule has 1 atom stereocenters. The minimum atomic E-state index is -0.393. The largest absolute Gasteiger partial charge is 0.459 e. The van der Waals surface area contributed by atoms with Crippen LogP contribution in [0.15, 0.2) is 47.1 Å². The van der Waals surface area contributed by atoms with Gasteiger partial charge in [-0.25, -0.2) is 0 Å². The Morgan fingerprint density at radius 3 is 2.40 bits per heavy atom. The van der Waals surface area contributed by atoms with Gasteiger partial charge in [0.2, 0.25) is 5.91 Å². The zero-order valence-electron chi connectivity index (χ0n) is 13.7. The molecule has 0 saturated carbocycles. The van der Waals surface area contributed by atoms with Crippen LogP contribution in [-0.2, 0) is 4.79 Å². The molecule has 0 spiro atoms. The van der Waals surface area contributed by atoms with Crippen LogP contribution in [0, 0.1) is 0 Å². The lowest BCUT2D eigenvalue weighted by atomic mass is 9.99. The quantitative estimate of drug-likeness (QED) is 0.839. The van der Waals surface area contributed by atoms with Crippen molar-refractivity contribution in [3.05, 3.63) is 59.5 Å². The predicted molar refractivity (Wildman–Crippen MR) is 89.3 cm³/mol. The van der Waals surface area contributed by atoms with E-state index in [2.05, 4.69) is 0 Å². The number of hydrogen-bond acceptors (Lipinski definition) is 4. The topological polar surface area (TPSA) is 70.8 Å². The number of carbonyl (C=O) groups is 3. The molecule has 2 aromatic rings. The lowest BCUT2D eigenvalue weighted by Gasteiger charge is -2.35. The van der Waals surface area contributed by atoms with Gasteiger partial charge in [0.15, 0.2) is 11.5 Å². The summed E-state index contributed by atoms with van der Waals surface area (Å²) >= 11 is 0. The molecule has 1 aliphatic carbocycles. The van der Waals surface area contributed by atoms with E-state index < -0.39 is 5.92 Å². The number of benzene rings is 1. The number of hydrogen-bond donors (Lipinski definition) is 0. The first-order valence-corrected chi connectivity index (χ1v) is 8.39. The summed E-state index contributed by atoms with van der Waals surface area (Å²) in [6, 6.07) is 10.6. The van der Waals surface area contributed by atoms with Gasteiger partial charge in [-0.05, 0) is 17.7 Å². The van der Waals surface area contributed by atoms with Gasteiger partial charge in [0.25, 0.3) is 5.91 Å². The third-order valence-electron chi connectivity index (χ3n) is 4.93. The van der Waals surface area contributed by atoms with Gasteiger partial charge < -0.3 is 14.2 Å². The Balaban J connectivity index is 1.42. The van der Waals surface area contributed by atoms with E-state index in [0.717, 1.165) is 5.56 Å². The fourth-order valence-corrected chi connectivity index (χ4v) is 3.59. The maximum Gasteiger partial charge on any atom is 0.289 e. The molecule has 1 fully saturated rings. The highest BCUT2D eigenvalue weighted by molar-refractivity contribution is 6.06. The highest BCUT2D eigenvalue weighted by Crippen LogP contribution is 2.34. The van der Waals surface area contributed by atoms with Crippen LogP contribution in [0.1, 0.15) is 38.8 Å². The van der Waals surface area contributed by atoms with E-state index >= 15 is 0 Å². The second-order valence-corrected chi connectivity index (χ2v) is 6.36. The molecule has 25 heavy (non-hydrogen) atoms. The molecule has 2 aliphatic rings. The lowest BCUT2D eigenvalue weighted by molar-refractivity contribution is -0.134. The molecule has 1 unspecified atom stereocenters. The van der Waals surface area contributed by atoms with Gasteiger partial charge in [0.05, 0.1) is 12.2 Å². The Hall–Kier alpha value is -2.89. The van der Waals surface area contributed by atoms with Crippen molar-refractivity contribution in [2.24, 2.45) is 0 Å². The van der Waals surface area contributed by atoms with Crippen molar-refractivity contribution in [3.8, 4) is 0 Å². The Morgan fingerprint density at radius 1 is 0.960 bits per heavy atom. The third kappa shape index (κ3) is 2.73. The van der Waals surface area contributed by atoms with E-state index in [1.165, 1.54) is 6.26 Å². The molecule has 1 aromatic heterocycles. The molecule has 2 amide bonds. The maximum absolute atomic E-state index is 12.9. The van der Waals surface area contributed by atoms with Gasteiger partial charge in [-0.3, -0.25) is 14.4 Å². The maximum atomic E-state index is 12.9. The molecule has 0 bridgehead atoms. The van der Waals surface area contributed by atoms with Crippen LogP contribution in [0.4, 0.5) is 0 Å². The van der Waals surface area contributed by atoms with Crippen LogP contribution >= 0.6 is 0 Å². The van der Waals surface area contributed by atoms with Crippen LogP contribution in [0.3, 0.4) is 0 Å². The summed E-state index contributed by atoms with van der Waals surface area (Å²) in [5.74, 6) is -0.228. The number of furan rings is 1. The first-order chi connectivity index (χ1) is 12.1. The van der Waals surface area contributed by atoms with Crippen LogP contribution in [0.2, 0.25) is 0 Å². The van der Waals surface area contributed by atoms with Crippen molar-refractivity contribution >= 4 is 17.6 Å². The third-order valence-corrected chi connectivity index (χ3v) is 4.93. The van der Waals surface area contributed by atoms with Crippen LogP contribution < -0.4 is 0 Å². The number of amides is 2. The number of fused-ring (bicyclic) bond motifs is 1. The van der Waals surface area contributed by atoms with Gasteiger partial charge in [0, 0.05) is 38.2 Å². The monoisotopic (exact) mass is 338 g/mol. The Morgan fingerprint density at radius 2 is 1.68 bits per heavy atom. The minimum Gasteiger partial charge on any atom is -0.459 e. The molecule has 6 heteroatoms. The second kappa shape index (κ2) is 6.20. The first kappa shape index (κ1) is 15.6. The molecular formula is C19H18N2O4. The van der Waals surface area contributed by atoms with Crippen molar-refractivity contribution in [2.75, 3.05) is 26.2 Å². The Labute approximate surface area is 145 Å². The van der Waals surface area contributed by atoms with E-state index in [0.29, 0.717) is 37.5 Å². The number of carbonyl (C=O) groups excluding carboxylic acids is 3. The Kier molecular flexibility index (Phi) is 3.87. The number of Topliss-reactive ketones (excluding diaryl/α,β-unsaturated/α-hetero) is 1. The minimum absolute atomic E-state index is 0.0246. The normalized spacial score (nSPS) is 19.8. The molecular weight excluding hydrogens is 320 g/mol. The van der Waals surface area contributed by atoms with Gasteiger partial charge in [0.1, 0.15) is 0 Å². The molecule has 1 aliphatic heterocycles. The lowest BCUT2D eigenvalue weighted by Crippen LogP contribution is -2.51. The molecule has 2 heterocycles. The van der Waals surface area contributed by atoms with E-state index in [9.17, 15) is 14.4 Å². The second-order valence-electron chi connectivity index (χ2n) is 6.36. The zero-order valence-corrected chi connectivity index (χ0v) is 13.7. The standard InChI is InChI=1S/C19H18N2O4/c22-16-12-15(13-4-1-2-5-14(13)16)18(23)20-7-9-21(10-8-20)19(24)17-6-3-11-25-17/h1-6,11,15H,7-10,12H2. The van der Waals surface area contributed by atoms with Crippen molar-refractivity contribution in [1.29, 1.82) is 0 Å². The number of rotatable bonds is 2. The molecule has 1 saturated heterocycles. The van der Waals surface area contributed by atoms with Crippen LogP contribution in [0.25, 0.3) is 0 Å². The van der Waals surface area contributed by atoms with E-state index in [4.69, 9.17) is 4.42 Å². The highest BCUT2D eigenvalue weighted by atomic mass is 16.3. The summed E-state index contributed by atoms with van der Waals surface area (Å²) in [5.41, 5.74) is 1.49. The van der Waals surface area contributed by atoms with Crippen LogP contribution in [0.5, 0.6) is 0 Å². The number of piperazine rings is 1. The fraction of sp³-hybridized carbons (Fsp3) is 0.316. The molecule has 0 radical (unpaired) electrons. The van der Waals surface area contributed by atoms with E-state index in [1.807, 2.05) is 18.2 Å². The van der Waals surface area contributed by atoms with Gasteiger partial charge >= 0.3 is 0 Å². The predicted octanol–water partition coefficient (Wildman–Crippen LogP) is 1.93. The van der Waals surface area contributed by atoms with E-state index in [1.54, 1.807) is 28.0 Å². The Bertz CT molecular complexity index is 820. The summed E-state index contributed by atoms with van der Waals surface area (Å²) in [7, 11) is 0. The summed E-state index contributed by atoms with van der Waals surface area (Å²) in [4.78, 5) is 40.7. The fourth-order valence-electron chi connectivity index (χ4n) is 3.59. The summed E-state index contributed by atoms with van der Waals surface area (Å²) in [5, 5.41) is 0. The smallest absolute Gasteiger partial charge is 0.289 e. The summed E-state index contributed by atoms with van der Waals surface area (Å²) in [6.45, 7) is 1.87. The van der Waals surface area contributed by atoms with Gasteiger partial charge in [-0.1, -0.05) is 24.3 Å². The molecule has 0 N–H and O–H groups in total. The molecule has 128 valence electrons. The van der Waals surface area contributed by atoms with Crippen molar-refractivity contribution in [3.63, 3.8) is 0 Å². The van der Waals surface area contributed by atoms with Crippen LogP contribution in [-0.4, -0.2) is 53.6 Å². The summed E-state index contributed by atoms with van der Waals surface area (Å²) in [6.07, 6.45) is 1.71. The SMILES string of the molecule is O=C1CC(C(=O)N2CCN(C(=O)c3ccco3)CC2)c2ccccc21. The summed E-state index contributed by atoms with van der Waals surface area (Å²) < 4.78 is 5.15. The average molecular weight is 338 g/mol. The van der Waals surface area contributed by atoms with E-state index in [-0.39, 0.29) is 24.0 Å². The zero-order chi connectivity index (χ0) is 17.4. The van der Waals surface area contributed by atoms with Crippen molar-refractivity contribution in [1.82, 2.24) is 9.80 Å². The van der Waals surface area contributed by atoms with Crippen molar-refractivity contribution in [2.45, 2.75) is 12.3 Å². The van der Waals surface area contributed by atoms with Gasteiger partial charge in [-0.2, -0.15) is 0 Å². The van der Waals surface area contributed by atoms with Crippen molar-refractivity contribution < 1.29 is 18.8 Å². The number of nitrogens with zero attached hydrogens (tertiary/aromatic N) is 2. The highest BCUT2D eigenvalue weighted by Gasteiger charge is 2.37. The number of ketones is 1. The first-order valence-electron chi connectivity index (χ1n) is 8.39. The molecule has 4 rings (SSSR count). The van der Waals surface area contributed by atoms with Gasteiger partial charge in [-0.15, -0.1) is 0 Å².